The quantitative estimate of drug-likeness (QED) is 0.0479. The van der Waals surface area contributed by atoms with E-state index in [9.17, 15) is 24.0 Å². The number of carbonyl (C=O) groups excluding carboxylic acids is 4. The number of carboxylic acids is 2. The first kappa shape index (κ1) is 37.6. The number of carbonyl (C=O) groups is 4. The second-order valence-corrected chi connectivity index (χ2v) is 3.72. The predicted molar refractivity (Wildman–Crippen MR) is 89.6 cm³/mol. The Bertz CT molecular complexity index is 538. The molecule has 169 valence electrons. The summed E-state index contributed by atoms with van der Waals surface area (Å²) in [5, 5.41) is 38.9. The second-order valence-electron chi connectivity index (χ2n) is 3.72. The largest absolute Gasteiger partial charge is 0.665 e. The van der Waals surface area contributed by atoms with Crippen molar-refractivity contribution in [2.24, 2.45) is 5.41 Å². The van der Waals surface area contributed by atoms with E-state index >= 15 is 0 Å². The standard InChI is InChI=1S/C8H10N3O7.C3H6NO.2CHO2.Y/c1-9-4(13)8(6(15)16,7(17)18)5(14)11-2-10-3-12;1-2-4-3-5;2*2-1-3;/h2H2,1H3,(H,9,13)(H,10,12)(H,11,14)(H,15,16)(H,17,18);2H2,1H3,(H,4,5);2*(H,2,3);/q4*-1;. The number of amides is 4. The third-order valence-corrected chi connectivity index (χ3v) is 2.21. The van der Waals surface area contributed by atoms with E-state index in [1.807, 2.05) is 12.2 Å². The summed E-state index contributed by atoms with van der Waals surface area (Å²) in [5.41, 5.74) is -3.32. The molecule has 0 saturated carbocycles. The molecule has 17 heteroatoms. The van der Waals surface area contributed by atoms with Crippen LogP contribution in [-0.4, -0.2) is 90.2 Å². The normalized spacial score (nSPS) is 7.93. The molecule has 8 N–H and O–H groups in total. The van der Waals surface area contributed by atoms with Crippen molar-refractivity contribution in [3.8, 4) is 0 Å². The fraction of sp³-hybridized carbons (Fsp3) is 0.385. The topological polar surface area (TPSA) is 266 Å². The minimum Gasteiger partial charge on any atom is -0.665 e. The summed E-state index contributed by atoms with van der Waals surface area (Å²) in [7, 11) is 0.980. The molecule has 0 unspecified atom stereocenters. The van der Waals surface area contributed by atoms with E-state index in [0.717, 1.165) is 7.05 Å². The van der Waals surface area contributed by atoms with Gasteiger partial charge in [0.15, 0.2) is 0 Å². The minimum atomic E-state index is -3.32. The van der Waals surface area contributed by atoms with Crippen molar-refractivity contribution in [2.45, 2.75) is 6.92 Å². The van der Waals surface area contributed by atoms with Crippen LogP contribution in [0, 0.1) is 5.41 Å². The molecule has 0 saturated heterocycles. The number of aliphatic hydroxyl groups excluding tert-OH is 2. The number of aliphatic carboxylic acids is 2. The Balaban J connectivity index is -0.000000144. The minimum absolute atomic E-state index is 0. The second kappa shape index (κ2) is 25.9. The van der Waals surface area contributed by atoms with Gasteiger partial charge in [0.25, 0.3) is 11.8 Å². The Morgan fingerprint density at radius 1 is 0.833 bits per heavy atom. The van der Waals surface area contributed by atoms with Crippen LogP contribution in [0.4, 0.5) is 0 Å². The predicted octanol–water partition coefficient (Wildman–Crippen LogP) is -4.50. The summed E-state index contributed by atoms with van der Waals surface area (Å²) in [6.07, 6.45) is 2.68. The number of carboxylic acid groups (broad SMARTS) is 2. The molecule has 30 heavy (non-hydrogen) atoms. The average Bonchev–Trinajstić information content (AvgIpc) is 2.64. The molecule has 0 bridgehead atoms. The van der Waals surface area contributed by atoms with Crippen molar-refractivity contribution < 1.29 is 91.5 Å². The van der Waals surface area contributed by atoms with Crippen LogP contribution in [0.5, 0.6) is 0 Å². The maximum absolute atomic E-state index is 11.5. The van der Waals surface area contributed by atoms with Crippen LogP contribution in [-0.2, 0) is 71.1 Å². The van der Waals surface area contributed by atoms with Gasteiger partial charge in [-0.2, -0.15) is 12.8 Å². The monoisotopic (exact) mass is 511 g/mol. The van der Waals surface area contributed by atoms with Gasteiger partial charge in [0, 0.05) is 39.8 Å². The van der Waals surface area contributed by atoms with E-state index in [-0.39, 0.29) is 32.7 Å². The summed E-state index contributed by atoms with van der Waals surface area (Å²) in [6.45, 7) is 2.94. The van der Waals surface area contributed by atoms with Crippen LogP contribution in [0.3, 0.4) is 0 Å². The summed E-state index contributed by atoms with van der Waals surface area (Å²) >= 11 is 0. The van der Waals surface area contributed by atoms with Gasteiger partial charge in [-0.1, -0.05) is 19.9 Å². The Morgan fingerprint density at radius 3 is 1.40 bits per heavy atom. The van der Waals surface area contributed by atoms with E-state index in [2.05, 4.69) is 5.32 Å². The molecule has 0 heterocycles. The fourth-order valence-corrected chi connectivity index (χ4v) is 1.14. The van der Waals surface area contributed by atoms with E-state index in [4.69, 9.17) is 34.8 Å². The van der Waals surface area contributed by atoms with E-state index in [0.29, 0.717) is 19.5 Å². The molecular formula is C13H18N4O12Y-4. The molecule has 16 nitrogen and oxygen atoms in total. The molecule has 4 amide bonds. The Kier molecular flexibility index (Phi) is 32.4. The van der Waals surface area contributed by atoms with Gasteiger partial charge < -0.3 is 60.9 Å². The molecule has 0 aliphatic rings. The van der Waals surface area contributed by atoms with Gasteiger partial charge in [0.05, 0.1) is 6.67 Å². The van der Waals surface area contributed by atoms with Crippen LogP contribution >= 0.6 is 0 Å². The van der Waals surface area contributed by atoms with E-state index in [1.54, 1.807) is 10.6 Å². The third-order valence-electron chi connectivity index (χ3n) is 2.21. The number of rotatable bonds is 9. The Morgan fingerprint density at radius 2 is 1.20 bits per heavy atom. The molecule has 0 rings (SSSR count). The summed E-state index contributed by atoms with van der Waals surface area (Å²) in [5.74, 6) is -7.41. The Labute approximate surface area is 194 Å². The molecule has 0 aromatic rings. The van der Waals surface area contributed by atoms with Crippen LogP contribution in [0.2, 0.25) is 0 Å². The van der Waals surface area contributed by atoms with Crippen molar-refractivity contribution in [3.05, 3.63) is 0 Å². The van der Waals surface area contributed by atoms with Gasteiger partial charge >= 0.3 is 17.4 Å². The molecule has 0 spiro atoms. The van der Waals surface area contributed by atoms with Gasteiger partial charge in [-0.3, -0.25) is 9.59 Å². The Hall–Kier alpha value is -3.14. The van der Waals surface area contributed by atoms with Crippen LogP contribution in [0.25, 0.3) is 0 Å². The van der Waals surface area contributed by atoms with Crippen molar-refractivity contribution in [3.63, 3.8) is 0 Å². The molecule has 0 aromatic carbocycles. The van der Waals surface area contributed by atoms with E-state index < -0.39 is 35.8 Å². The van der Waals surface area contributed by atoms with Crippen molar-refractivity contribution in [1.29, 1.82) is 0 Å². The van der Waals surface area contributed by atoms with Crippen molar-refractivity contribution in [2.75, 3.05) is 20.3 Å². The molecule has 0 aromatic heterocycles. The molecular weight excluding hydrogens is 493 g/mol. The van der Waals surface area contributed by atoms with Crippen LogP contribution in [0.1, 0.15) is 6.92 Å². The SMILES string of the molecule is CCN[C-]=O.CNC(=O)C(C(=O)O)(C(=O)O)C(=O)NCN[C-]=O.O=[C-]O.O=[C-]O.[Y]. The molecule has 0 atom stereocenters. The zero-order valence-corrected chi connectivity index (χ0v) is 18.4. The maximum Gasteiger partial charge on any atom is 0.340 e. The summed E-state index contributed by atoms with van der Waals surface area (Å²) in [6, 6.07) is 0. The van der Waals surface area contributed by atoms with Gasteiger partial charge in [0.2, 0.25) is 0 Å². The zero-order chi connectivity index (χ0) is 23.9. The van der Waals surface area contributed by atoms with Gasteiger partial charge in [-0.25, -0.2) is 9.59 Å². The van der Waals surface area contributed by atoms with Gasteiger partial charge in [0.1, 0.15) is 0 Å². The number of hydrogen-bond donors (Lipinski definition) is 8. The van der Waals surface area contributed by atoms with Crippen molar-refractivity contribution in [1.82, 2.24) is 21.3 Å². The van der Waals surface area contributed by atoms with Crippen LogP contribution in [0.15, 0.2) is 0 Å². The van der Waals surface area contributed by atoms with Gasteiger partial charge in [-0.05, 0) is 6.54 Å². The zero-order valence-electron chi connectivity index (χ0n) is 15.5. The summed E-state index contributed by atoms with van der Waals surface area (Å²) in [4.78, 5) is 80.2. The first-order chi connectivity index (χ1) is 13.6. The number of nitrogens with one attached hydrogen (secondary N) is 4. The fourth-order valence-electron chi connectivity index (χ4n) is 1.14. The third kappa shape index (κ3) is 15.9. The molecule has 0 fully saturated rings. The summed E-state index contributed by atoms with van der Waals surface area (Å²) < 4.78 is 0. The number of hydrogen-bond acceptors (Lipinski definition) is 8. The van der Waals surface area contributed by atoms with Gasteiger partial charge in [-0.15, -0.1) is 0 Å². The maximum atomic E-state index is 11.5. The smallest absolute Gasteiger partial charge is 0.340 e. The molecule has 0 aliphatic heterocycles. The van der Waals surface area contributed by atoms with Crippen LogP contribution < -0.4 is 21.3 Å². The van der Waals surface area contributed by atoms with Crippen molar-refractivity contribution >= 4 is 49.5 Å². The molecule has 0 aliphatic carbocycles. The van der Waals surface area contributed by atoms with E-state index in [1.165, 1.54) is 12.8 Å². The average molecular weight is 511 g/mol. The first-order valence-corrected chi connectivity index (χ1v) is 6.80. The molecule has 1 radical (unpaired) electrons. The first-order valence-electron chi connectivity index (χ1n) is 6.80.